The number of methoxy groups -OCH3 is 1. The third kappa shape index (κ3) is 3.03. The second-order valence-corrected chi connectivity index (χ2v) is 6.06. The van der Waals surface area contributed by atoms with E-state index >= 15 is 0 Å². The molecule has 0 radical (unpaired) electrons. The van der Waals surface area contributed by atoms with Gasteiger partial charge in [0, 0.05) is 5.02 Å². The first-order chi connectivity index (χ1) is 11.5. The van der Waals surface area contributed by atoms with Crippen LogP contribution in [0.4, 0.5) is 0 Å². The van der Waals surface area contributed by atoms with E-state index in [1.807, 2.05) is 6.07 Å². The monoisotopic (exact) mass is 361 g/mol. The summed E-state index contributed by atoms with van der Waals surface area (Å²) >= 11 is 12.0. The summed E-state index contributed by atoms with van der Waals surface area (Å²) in [6, 6.07) is 13.8. The van der Waals surface area contributed by atoms with E-state index in [0.29, 0.717) is 16.3 Å². The first-order valence-electron chi connectivity index (χ1n) is 7.16. The number of rotatable bonds is 4. The summed E-state index contributed by atoms with van der Waals surface area (Å²) in [5.41, 5.74) is 1.54. The van der Waals surface area contributed by atoms with Gasteiger partial charge in [0.2, 0.25) is 0 Å². The molecule has 0 atom stereocenters. The van der Waals surface area contributed by atoms with Gasteiger partial charge < -0.3 is 4.74 Å². The van der Waals surface area contributed by atoms with Gasteiger partial charge in [-0.15, -0.1) is 0 Å². The zero-order chi connectivity index (χ0) is 17.3. The SMILES string of the molecule is COc1cccc(CN2C(=O)C(Cl)=C(c3ccc(Cl)cc3)C2=O)c1. The van der Waals surface area contributed by atoms with Gasteiger partial charge in [0.1, 0.15) is 10.8 Å². The van der Waals surface area contributed by atoms with Gasteiger partial charge in [-0.2, -0.15) is 0 Å². The average Bonchev–Trinajstić information content (AvgIpc) is 2.80. The minimum atomic E-state index is -0.505. The van der Waals surface area contributed by atoms with Gasteiger partial charge in [-0.3, -0.25) is 14.5 Å². The topological polar surface area (TPSA) is 46.6 Å². The van der Waals surface area contributed by atoms with Gasteiger partial charge >= 0.3 is 0 Å². The van der Waals surface area contributed by atoms with Crippen LogP contribution in [0.5, 0.6) is 5.75 Å². The van der Waals surface area contributed by atoms with Crippen molar-refractivity contribution in [3.63, 3.8) is 0 Å². The molecular weight excluding hydrogens is 349 g/mol. The van der Waals surface area contributed by atoms with E-state index in [2.05, 4.69) is 0 Å². The maximum Gasteiger partial charge on any atom is 0.273 e. The number of ether oxygens (including phenoxy) is 1. The molecule has 0 spiro atoms. The summed E-state index contributed by atoms with van der Waals surface area (Å²) in [5.74, 6) is -0.270. The van der Waals surface area contributed by atoms with Gasteiger partial charge in [-0.25, -0.2) is 0 Å². The molecule has 24 heavy (non-hydrogen) atoms. The van der Waals surface area contributed by atoms with Crippen LogP contribution in [0.2, 0.25) is 5.02 Å². The molecule has 6 heteroatoms. The van der Waals surface area contributed by atoms with Crippen molar-refractivity contribution >= 4 is 40.6 Å². The summed E-state index contributed by atoms with van der Waals surface area (Å²) in [6.45, 7) is 0.127. The Bertz CT molecular complexity index is 844. The van der Waals surface area contributed by atoms with Crippen molar-refractivity contribution < 1.29 is 14.3 Å². The van der Waals surface area contributed by atoms with Gasteiger partial charge in [-0.1, -0.05) is 47.5 Å². The molecule has 0 aliphatic carbocycles. The number of halogens is 2. The van der Waals surface area contributed by atoms with Gasteiger partial charge in [0.15, 0.2) is 0 Å². The normalized spacial score (nSPS) is 14.5. The molecule has 0 saturated carbocycles. The molecule has 3 rings (SSSR count). The van der Waals surface area contributed by atoms with Crippen LogP contribution in [-0.2, 0) is 16.1 Å². The van der Waals surface area contributed by atoms with Crippen LogP contribution in [0.15, 0.2) is 53.6 Å². The molecule has 0 unspecified atom stereocenters. The minimum Gasteiger partial charge on any atom is -0.497 e. The molecule has 1 aliphatic heterocycles. The molecule has 0 bridgehead atoms. The fraction of sp³-hybridized carbons (Fsp3) is 0.111. The number of benzene rings is 2. The van der Waals surface area contributed by atoms with Crippen LogP contribution in [0.25, 0.3) is 5.57 Å². The van der Waals surface area contributed by atoms with Crippen molar-refractivity contribution in [3.05, 3.63) is 69.7 Å². The Labute approximate surface area is 149 Å². The maximum atomic E-state index is 12.7. The second-order valence-electron chi connectivity index (χ2n) is 5.24. The zero-order valence-corrected chi connectivity index (χ0v) is 14.3. The second kappa shape index (κ2) is 6.67. The summed E-state index contributed by atoms with van der Waals surface area (Å²) in [6.07, 6.45) is 0. The molecule has 122 valence electrons. The highest BCUT2D eigenvalue weighted by molar-refractivity contribution is 6.55. The van der Waals surface area contributed by atoms with E-state index in [4.69, 9.17) is 27.9 Å². The Balaban J connectivity index is 1.89. The lowest BCUT2D eigenvalue weighted by Gasteiger charge is -2.15. The van der Waals surface area contributed by atoms with Crippen LogP contribution in [-0.4, -0.2) is 23.8 Å². The molecule has 2 aromatic rings. The number of imide groups is 1. The van der Waals surface area contributed by atoms with E-state index in [9.17, 15) is 9.59 Å². The molecular formula is C18H13Cl2NO3. The molecule has 0 fully saturated rings. The highest BCUT2D eigenvalue weighted by Crippen LogP contribution is 2.33. The summed E-state index contributed by atoms with van der Waals surface area (Å²) in [7, 11) is 1.56. The van der Waals surface area contributed by atoms with Gasteiger partial charge in [-0.05, 0) is 35.4 Å². The van der Waals surface area contributed by atoms with Crippen LogP contribution < -0.4 is 4.74 Å². The van der Waals surface area contributed by atoms with Crippen molar-refractivity contribution in [3.8, 4) is 5.75 Å². The summed E-state index contributed by atoms with van der Waals surface area (Å²) in [4.78, 5) is 26.2. The third-order valence-corrected chi connectivity index (χ3v) is 4.32. The Morgan fingerprint density at radius 1 is 1.00 bits per heavy atom. The van der Waals surface area contributed by atoms with Gasteiger partial charge in [0.05, 0.1) is 19.2 Å². The number of hydrogen-bond donors (Lipinski definition) is 0. The fourth-order valence-corrected chi connectivity index (χ4v) is 2.93. The number of hydrogen-bond acceptors (Lipinski definition) is 3. The van der Waals surface area contributed by atoms with E-state index in [1.54, 1.807) is 49.6 Å². The fourth-order valence-electron chi connectivity index (χ4n) is 2.51. The first-order valence-corrected chi connectivity index (χ1v) is 7.91. The average molecular weight is 362 g/mol. The molecule has 4 nitrogen and oxygen atoms in total. The predicted octanol–water partition coefficient (Wildman–Crippen LogP) is 3.87. The quantitative estimate of drug-likeness (QED) is 0.776. The summed E-state index contributed by atoms with van der Waals surface area (Å²) in [5, 5.41) is 0.464. The zero-order valence-electron chi connectivity index (χ0n) is 12.8. The Hall–Kier alpha value is -2.30. The first kappa shape index (κ1) is 16.6. The van der Waals surface area contributed by atoms with Crippen molar-refractivity contribution in [2.75, 3.05) is 7.11 Å². The Morgan fingerprint density at radius 2 is 1.71 bits per heavy atom. The van der Waals surface area contributed by atoms with Crippen molar-refractivity contribution in [1.29, 1.82) is 0 Å². The minimum absolute atomic E-state index is 0.0785. The number of amides is 2. The summed E-state index contributed by atoms with van der Waals surface area (Å²) < 4.78 is 5.16. The molecule has 0 N–H and O–H groups in total. The van der Waals surface area contributed by atoms with E-state index in [-0.39, 0.29) is 17.2 Å². The molecule has 1 heterocycles. The van der Waals surface area contributed by atoms with E-state index < -0.39 is 11.8 Å². The third-order valence-electron chi connectivity index (χ3n) is 3.72. The standard InChI is InChI=1S/C18H13Cl2NO3/c1-24-14-4-2-3-11(9-14)10-21-17(22)15(16(20)18(21)23)12-5-7-13(19)8-6-12/h2-9H,10H2,1H3. The highest BCUT2D eigenvalue weighted by atomic mass is 35.5. The van der Waals surface area contributed by atoms with Crippen LogP contribution >= 0.6 is 23.2 Å². The van der Waals surface area contributed by atoms with Crippen LogP contribution in [0.3, 0.4) is 0 Å². The number of nitrogens with zero attached hydrogens (tertiary/aromatic N) is 1. The van der Waals surface area contributed by atoms with Crippen LogP contribution in [0.1, 0.15) is 11.1 Å². The lowest BCUT2D eigenvalue weighted by Crippen LogP contribution is -2.30. The molecule has 1 aliphatic rings. The molecule has 0 aromatic heterocycles. The van der Waals surface area contributed by atoms with Crippen molar-refractivity contribution in [2.24, 2.45) is 0 Å². The predicted molar refractivity (Wildman–Crippen MR) is 92.8 cm³/mol. The Kier molecular flexibility index (Phi) is 4.60. The smallest absolute Gasteiger partial charge is 0.273 e. The highest BCUT2D eigenvalue weighted by Gasteiger charge is 2.38. The van der Waals surface area contributed by atoms with Gasteiger partial charge in [0.25, 0.3) is 11.8 Å². The van der Waals surface area contributed by atoms with E-state index in [1.165, 1.54) is 0 Å². The molecule has 0 saturated heterocycles. The van der Waals surface area contributed by atoms with E-state index in [0.717, 1.165) is 10.5 Å². The lowest BCUT2D eigenvalue weighted by molar-refractivity contribution is -0.137. The number of carbonyl (C=O) groups is 2. The largest absolute Gasteiger partial charge is 0.497 e. The van der Waals surface area contributed by atoms with Crippen molar-refractivity contribution in [1.82, 2.24) is 4.90 Å². The van der Waals surface area contributed by atoms with Crippen LogP contribution in [0, 0.1) is 0 Å². The number of carbonyl (C=O) groups excluding carboxylic acids is 2. The maximum absolute atomic E-state index is 12.7. The van der Waals surface area contributed by atoms with Crippen molar-refractivity contribution in [2.45, 2.75) is 6.54 Å². The molecule has 2 amide bonds. The molecule has 2 aromatic carbocycles. The Morgan fingerprint density at radius 3 is 2.38 bits per heavy atom. The lowest BCUT2D eigenvalue weighted by atomic mass is 10.1.